The van der Waals surface area contributed by atoms with Gasteiger partial charge in [-0.1, -0.05) is 6.07 Å². The maximum absolute atomic E-state index is 10.2. The van der Waals surface area contributed by atoms with Crippen LogP contribution < -0.4 is 0 Å². The molecule has 0 aromatic carbocycles. The third-order valence-electron chi connectivity index (χ3n) is 2.66. The van der Waals surface area contributed by atoms with Gasteiger partial charge < -0.3 is 9.84 Å². The van der Waals surface area contributed by atoms with E-state index in [9.17, 15) is 5.11 Å². The molecule has 0 spiro atoms. The summed E-state index contributed by atoms with van der Waals surface area (Å²) in [6, 6.07) is 5.79. The summed E-state index contributed by atoms with van der Waals surface area (Å²) in [5.41, 5.74) is 0.351. The van der Waals surface area contributed by atoms with Crippen molar-refractivity contribution in [2.45, 2.75) is 24.9 Å². The molecule has 14 heavy (non-hydrogen) atoms. The van der Waals surface area contributed by atoms with Crippen LogP contribution in [0, 0.1) is 0 Å². The maximum Gasteiger partial charge on any atom is 0.0746 e. The van der Waals surface area contributed by atoms with Crippen LogP contribution in [0.15, 0.2) is 24.4 Å². The van der Waals surface area contributed by atoms with Gasteiger partial charge in [0.15, 0.2) is 0 Å². The van der Waals surface area contributed by atoms with Gasteiger partial charge in [-0.15, -0.1) is 0 Å². The minimum atomic E-state index is -0.605. The molecule has 1 N–H and O–H groups in total. The first kappa shape index (κ1) is 9.62. The summed E-state index contributed by atoms with van der Waals surface area (Å²) in [7, 11) is 0. The second-order valence-corrected chi connectivity index (χ2v) is 3.83. The Hall–Kier alpha value is -0.930. The number of aliphatic hydroxyl groups is 1. The summed E-state index contributed by atoms with van der Waals surface area (Å²) in [6.07, 6.45) is 3.82. The first-order valence-electron chi connectivity index (χ1n) is 4.99. The number of hydrogen-bond acceptors (Lipinski definition) is 3. The summed E-state index contributed by atoms with van der Waals surface area (Å²) in [4.78, 5) is 4.22. The van der Waals surface area contributed by atoms with Crippen LogP contribution in [-0.2, 0) is 11.2 Å². The van der Waals surface area contributed by atoms with Crippen LogP contribution in [0.2, 0.25) is 0 Å². The second kappa shape index (κ2) is 4.07. The molecule has 0 amide bonds. The fourth-order valence-corrected chi connectivity index (χ4v) is 1.77. The Morgan fingerprint density at radius 2 is 2.14 bits per heavy atom. The molecule has 1 aromatic heterocycles. The molecule has 2 heterocycles. The number of ether oxygens (including phenoxy) is 1. The normalized spacial score (nSPS) is 20.6. The Kier molecular flexibility index (Phi) is 2.79. The van der Waals surface area contributed by atoms with Gasteiger partial charge in [0.05, 0.1) is 5.60 Å². The molecule has 1 fully saturated rings. The number of aromatic nitrogens is 1. The van der Waals surface area contributed by atoms with Crippen molar-refractivity contribution in [3.05, 3.63) is 30.1 Å². The lowest BCUT2D eigenvalue weighted by Crippen LogP contribution is -2.38. The molecule has 0 radical (unpaired) electrons. The van der Waals surface area contributed by atoms with E-state index in [4.69, 9.17) is 4.74 Å². The van der Waals surface area contributed by atoms with E-state index in [1.807, 2.05) is 18.2 Å². The van der Waals surface area contributed by atoms with Gasteiger partial charge in [0.2, 0.25) is 0 Å². The lowest BCUT2D eigenvalue weighted by Gasteiger charge is -2.31. The van der Waals surface area contributed by atoms with E-state index in [2.05, 4.69) is 4.98 Å². The van der Waals surface area contributed by atoms with E-state index in [-0.39, 0.29) is 0 Å². The molecule has 76 valence electrons. The number of nitrogens with zero attached hydrogens (tertiary/aromatic N) is 1. The van der Waals surface area contributed by atoms with E-state index in [1.165, 1.54) is 0 Å². The molecule has 3 heteroatoms. The molecule has 0 aliphatic carbocycles. The van der Waals surface area contributed by atoms with Crippen molar-refractivity contribution in [3.8, 4) is 0 Å². The van der Waals surface area contributed by atoms with E-state index in [1.54, 1.807) is 6.20 Å². The summed E-state index contributed by atoms with van der Waals surface area (Å²) < 4.78 is 5.22. The highest BCUT2D eigenvalue weighted by molar-refractivity contribution is 5.07. The molecule has 1 saturated heterocycles. The molecular weight excluding hydrogens is 178 g/mol. The van der Waals surface area contributed by atoms with Crippen molar-refractivity contribution >= 4 is 0 Å². The highest BCUT2D eigenvalue weighted by atomic mass is 16.5. The predicted octanol–water partition coefficient (Wildman–Crippen LogP) is 1.17. The van der Waals surface area contributed by atoms with Crippen molar-refractivity contribution in [3.63, 3.8) is 0 Å². The molecule has 1 aliphatic heterocycles. The van der Waals surface area contributed by atoms with Crippen molar-refractivity contribution in [1.29, 1.82) is 0 Å². The minimum Gasteiger partial charge on any atom is -0.389 e. The van der Waals surface area contributed by atoms with Gasteiger partial charge in [0, 0.05) is 31.5 Å². The zero-order valence-electron chi connectivity index (χ0n) is 8.15. The Labute approximate surface area is 83.7 Å². The largest absolute Gasteiger partial charge is 0.389 e. The van der Waals surface area contributed by atoms with Crippen molar-refractivity contribution in [2.24, 2.45) is 0 Å². The third-order valence-corrected chi connectivity index (χ3v) is 2.66. The molecule has 0 unspecified atom stereocenters. The zero-order chi connectivity index (χ0) is 9.86. The monoisotopic (exact) mass is 193 g/mol. The molecule has 1 aromatic rings. The summed E-state index contributed by atoms with van der Waals surface area (Å²) in [6.45, 7) is 1.31. The highest BCUT2D eigenvalue weighted by Crippen LogP contribution is 2.23. The fourth-order valence-electron chi connectivity index (χ4n) is 1.77. The molecule has 0 atom stereocenters. The van der Waals surface area contributed by atoms with Crippen LogP contribution >= 0.6 is 0 Å². The van der Waals surface area contributed by atoms with Crippen molar-refractivity contribution in [2.75, 3.05) is 13.2 Å². The standard InChI is InChI=1S/C11H15NO2/c13-11(4-7-14-8-5-11)9-10-3-1-2-6-12-10/h1-3,6,13H,4-5,7-9H2. The zero-order valence-corrected chi connectivity index (χ0v) is 8.15. The SMILES string of the molecule is OC1(Cc2ccccn2)CCOCC1. The fraction of sp³-hybridized carbons (Fsp3) is 0.545. The first-order valence-corrected chi connectivity index (χ1v) is 4.99. The number of hydrogen-bond donors (Lipinski definition) is 1. The lowest BCUT2D eigenvalue weighted by molar-refractivity contribution is -0.0630. The van der Waals surface area contributed by atoms with Crippen LogP contribution in [0.5, 0.6) is 0 Å². The van der Waals surface area contributed by atoms with Gasteiger partial charge in [-0.25, -0.2) is 0 Å². The minimum absolute atomic E-state index is 0.605. The third kappa shape index (κ3) is 2.30. The topological polar surface area (TPSA) is 42.4 Å². The first-order chi connectivity index (χ1) is 6.79. The molecule has 2 rings (SSSR count). The molecule has 0 bridgehead atoms. The van der Waals surface area contributed by atoms with Gasteiger partial charge in [-0.3, -0.25) is 4.98 Å². The Morgan fingerprint density at radius 1 is 1.36 bits per heavy atom. The number of rotatable bonds is 2. The summed E-state index contributed by atoms with van der Waals surface area (Å²) in [5, 5.41) is 10.2. The quantitative estimate of drug-likeness (QED) is 0.766. The van der Waals surface area contributed by atoms with Gasteiger partial charge in [-0.2, -0.15) is 0 Å². The molecule has 3 nitrogen and oxygen atoms in total. The van der Waals surface area contributed by atoms with Gasteiger partial charge >= 0.3 is 0 Å². The maximum atomic E-state index is 10.2. The summed E-state index contributed by atoms with van der Waals surface area (Å²) >= 11 is 0. The van der Waals surface area contributed by atoms with Crippen LogP contribution in [0.25, 0.3) is 0 Å². The van der Waals surface area contributed by atoms with E-state index >= 15 is 0 Å². The molecular formula is C11H15NO2. The smallest absolute Gasteiger partial charge is 0.0746 e. The average Bonchev–Trinajstić information content (AvgIpc) is 2.19. The van der Waals surface area contributed by atoms with Crippen molar-refractivity contribution in [1.82, 2.24) is 4.98 Å². The van der Waals surface area contributed by atoms with Crippen LogP contribution in [-0.4, -0.2) is 28.9 Å². The Balaban J connectivity index is 2.02. The highest BCUT2D eigenvalue weighted by Gasteiger charge is 2.30. The van der Waals surface area contributed by atoms with Crippen LogP contribution in [0.1, 0.15) is 18.5 Å². The van der Waals surface area contributed by atoms with Crippen molar-refractivity contribution < 1.29 is 9.84 Å². The van der Waals surface area contributed by atoms with E-state index in [0.717, 1.165) is 5.69 Å². The predicted molar refractivity (Wildman–Crippen MR) is 52.9 cm³/mol. The number of pyridine rings is 1. The van der Waals surface area contributed by atoms with E-state index in [0.29, 0.717) is 32.5 Å². The van der Waals surface area contributed by atoms with Gasteiger partial charge in [-0.05, 0) is 25.0 Å². The van der Waals surface area contributed by atoms with Crippen LogP contribution in [0.3, 0.4) is 0 Å². The van der Waals surface area contributed by atoms with E-state index < -0.39 is 5.60 Å². The Bertz CT molecular complexity index is 281. The van der Waals surface area contributed by atoms with Gasteiger partial charge in [0.1, 0.15) is 0 Å². The Morgan fingerprint density at radius 3 is 2.79 bits per heavy atom. The average molecular weight is 193 g/mol. The summed E-state index contributed by atoms with van der Waals surface area (Å²) in [5.74, 6) is 0. The van der Waals surface area contributed by atoms with Crippen LogP contribution in [0.4, 0.5) is 0 Å². The second-order valence-electron chi connectivity index (χ2n) is 3.83. The molecule has 1 aliphatic rings. The van der Waals surface area contributed by atoms with Gasteiger partial charge in [0.25, 0.3) is 0 Å². The molecule has 0 saturated carbocycles. The lowest BCUT2D eigenvalue weighted by atomic mass is 9.89.